The van der Waals surface area contributed by atoms with E-state index in [0.717, 1.165) is 13.0 Å². The molecular formula is C18H26N2O. The fourth-order valence-corrected chi connectivity index (χ4v) is 3.20. The van der Waals surface area contributed by atoms with Crippen molar-refractivity contribution in [3.63, 3.8) is 0 Å². The topological polar surface area (TPSA) is 32.3 Å². The number of nitrogens with one attached hydrogen (secondary N) is 1. The molecule has 0 aromatic heterocycles. The van der Waals surface area contributed by atoms with Gasteiger partial charge in [-0.1, -0.05) is 30.7 Å². The predicted octanol–water partition coefficient (Wildman–Crippen LogP) is 3.31. The van der Waals surface area contributed by atoms with Crippen molar-refractivity contribution >= 4 is 5.91 Å². The van der Waals surface area contributed by atoms with Crippen LogP contribution in [0.25, 0.3) is 0 Å². The lowest BCUT2D eigenvalue weighted by molar-refractivity contribution is -0.133. The lowest BCUT2D eigenvalue weighted by atomic mass is 9.99. The molecule has 3 nitrogen and oxygen atoms in total. The van der Waals surface area contributed by atoms with Crippen LogP contribution in [0, 0.1) is 19.8 Å². The van der Waals surface area contributed by atoms with Crippen LogP contribution in [0.3, 0.4) is 0 Å². The molecule has 2 atom stereocenters. The van der Waals surface area contributed by atoms with Crippen molar-refractivity contribution in [2.24, 2.45) is 5.92 Å². The molecule has 1 saturated carbocycles. The van der Waals surface area contributed by atoms with E-state index in [4.69, 9.17) is 0 Å². The summed E-state index contributed by atoms with van der Waals surface area (Å²) in [6, 6.07) is 6.52. The second-order valence-electron chi connectivity index (χ2n) is 6.99. The number of amides is 1. The summed E-state index contributed by atoms with van der Waals surface area (Å²) < 4.78 is 0. The normalized spacial score (nSPS) is 29.2. The highest BCUT2D eigenvalue weighted by atomic mass is 16.2. The Morgan fingerprint density at radius 1 is 1.33 bits per heavy atom. The number of rotatable bonds is 4. The molecule has 1 aromatic carbocycles. The van der Waals surface area contributed by atoms with E-state index >= 15 is 0 Å². The molecule has 0 bridgehead atoms. The third-order valence-electron chi connectivity index (χ3n) is 5.09. The molecule has 3 rings (SSSR count). The van der Waals surface area contributed by atoms with E-state index in [1.165, 1.54) is 29.5 Å². The van der Waals surface area contributed by atoms with E-state index < -0.39 is 5.54 Å². The minimum atomic E-state index is -0.421. The molecule has 1 aromatic rings. The maximum Gasteiger partial charge on any atom is 0.244 e. The summed E-state index contributed by atoms with van der Waals surface area (Å²) in [4.78, 5) is 15.0. The molecule has 1 N–H and O–H groups in total. The maximum absolute atomic E-state index is 12.9. The molecule has 1 amide bonds. The van der Waals surface area contributed by atoms with Crippen molar-refractivity contribution in [2.75, 3.05) is 6.54 Å². The average Bonchev–Trinajstić information content (AvgIpc) is 3.24. The van der Waals surface area contributed by atoms with Crippen LogP contribution in [0.15, 0.2) is 18.2 Å². The summed E-state index contributed by atoms with van der Waals surface area (Å²) in [6.45, 7) is 9.29. The van der Waals surface area contributed by atoms with Crippen molar-refractivity contribution in [3.8, 4) is 0 Å². The van der Waals surface area contributed by atoms with Gasteiger partial charge < -0.3 is 4.90 Å². The zero-order valence-corrected chi connectivity index (χ0v) is 13.6. The van der Waals surface area contributed by atoms with Gasteiger partial charge in [-0.05, 0) is 57.1 Å². The number of hydrogen-bond donors (Lipinski definition) is 1. The molecule has 0 radical (unpaired) electrons. The van der Waals surface area contributed by atoms with E-state index in [9.17, 15) is 4.79 Å². The van der Waals surface area contributed by atoms with Crippen molar-refractivity contribution in [1.29, 1.82) is 0 Å². The lowest BCUT2D eigenvalue weighted by Gasteiger charge is -2.26. The van der Waals surface area contributed by atoms with Gasteiger partial charge in [0, 0.05) is 6.54 Å². The highest BCUT2D eigenvalue weighted by Crippen LogP contribution is 2.38. The summed E-state index contributed by atoms with van der Waals surface area (Å²) in [5, 5.41) is 3.61. The first kappa shape index (κ1) is 14.6. The van der Waals surface area contributed by atoms with Crippen LogP contribution in [0.5, 0.6) is 0 Å². The number of carbonyl (C=O) groups excluding carboxylic acids is 1. The summed E-state index contributed by atoms with van der Waals surface area (Å²) >= 11 is 0. The highest BCUT2D eigenvalue weighted by molar-refractivity contribution is 5.88. The Bertz CT molecular complexity index is 564. The molecule has 0 spiro atoms. The zero-order chi connectivity index (χ0) is 15.2. The molecular weight excluding hydrogens is 260 g/mol. The van der Waals surface area contributed by atoms with Crippen LogP contribution in [0.4, 0.5) is 0 Å². The minimum absolute atomic E-state index is 0.0305. The molecule has 1 saturated heterocycles. The molecule has 21 heavy (non-hydrogen) atoms. The van der Waals surface area contributed by atoms with Gasteiger partial charge in [0.05, 0.1) is 5.54 Å². The SMILES string of the molecule is CCC1(C)NC(c2cc(C)ccc2C)N(CC2CC2)C1=O. The third kappa shape index (κ3) is 2.59. The summed E-state index contributed by atoms with van der Waals surface area (Å²) in [5.41, 5.74) is 3.34. The van der Waals surface area contributed by atoms with E-state index in [2.05, 4.69) is 49.2 Å². The lowest BCUT2D eigenvalue weighted by Crippen LogP contribution is -2.43. The quantitative estimate of drug-likeness (QED) is 0.921. The van der Waals surface area contributed by atoms with Crippen LogP contribution in [-0.2, 0) is 4.79 Å². The van der Waals surface area contributed by atoms with E-state index in [1.54, 1.807) is 0 Å². The largest absolute Gasteiger partial charge is 0.321 e. The van der Waals surface area contributed by atoms with E-state index in [1.807, 2.05) is 6.92 Å². The van der Waals surface area contributed by atoms with Crippen LogP contribution in [0.2, 0.25) is 0 Å². The number of benzene rings is 1. The van der Waals surface area contributed by atoms with Crippen LogP contribution < -0.4 is 5.32 Å². The van der Waals surface area contributed by atoms with E-state index in [-0.39, 0.29) is 12.1 Å². The first-order valence-corrected chi connectivity index (χ1v) is 8.10. The highest BCUT2D eigenvalue weighted by Gasteiger charge is 2.48. The molecule has 114 valence electrons. The number of nitrogens with zero attached hydrogens (tertiary/aromatic N) is 1. The predicted molar refractivity (Wildman–Crippen MR) is 84.9 cm³/mol. The van der Waals surface area contributed by atoms with Crippen LogP contribution >= 0.6 is 0 Å². The van der Waals surface area contributed by atoms with Gasteiger partial charge in [0.25, 0.3) is 0 Å². The Morgan fingerprint density at radius 2 is 2.05 bits per heavy atom. The molecule has 2 unspecified atom stereocenters. The molecule has 3 heteroatoms. The first-order valence-electron chi connectivity index (χ1n) is 8.10. The van der Waals surface area contributed by atoms with Crippen molar-refractivity contribution in [1.82, 2.24) is 10.2 Å². The van der Waals surface area contributed by atoms with Crippen molar-refractivity contribution in [3.05, 3.63) is 34.9 Å². The van der Waals surface area contributed by atoms with Gasteiger partial charge >= 0.3 is 0 Å². The van der Waals surface area contributed by atoms with Crippen molar-refractivity contribution < 1.29 is 4.79 Å². The Balaban J connectivity index is 1.97. The summed E-state index contributed by atoms with van der Waals surface area (Å²) in [5.74, 6) is 0.977. The molecule has 1 aliphatic carbocycles. The van der Waals surface area contributed by atoms with Gasteiger partial charge in [0.15, 0.2) is 0 Å². The number of aryl methyl sites for hydroxylation is 2. The Kier molecular flexibility index (Phi) is 3.56. The fraction of sp³-hybridized carbons (Fsp3) is 0.611. The molecule has 1 aliphatic heterocycles. The van der Waals surface area contributed by atoms with Gasteiger partial charge in [0.1, 0.15) is 6.17 Å². The monoisotopic (exact) mass is 286 g/mol. The number of carbonyl (C=O) groups is 1. The van der Waals surface area contributed by atoms with Gasteiger partial charge in [-0.3, -0.25) is 10.1 Å². The maximum atomic E-state index is 12.9. The summed E-state index contributed by atoms with van der Waals surface area (Å²) in [6.07, 6.45) is 3.40. The Morgan fingerprint density at radius 3 is 2.67 bits per heavy atom. The second kappa shape index (κ2) is 5.13. The second-order valence-corrected chi connectivity index (χ2v) is 6.99. The Hall–Kier alpha value is -1.35. The van der Waals surface area contributed by atoms with Crippen LogP contribution in [-0.4, -0.2) is 22.9 Å². The smallest absolute Gasteiger partial charge is 0.244 e. The minimum Gasteiger partial charge on any atom is -0.321 e. The van der Waals surface area contributed by atoms with Gasteiger partial charge in [0.2, 0.25) is 5.91 Å². The van der Waals surface area contributed by atoms with Gasteiger partial charge in [-0.2, -0.15) is 0 Å². The van der Waals surface area contributed by atoms with Gasteiger partial charge in [-0.25, -0.2) is 0 Å². The number of hydrogen-bond acceptors (Lipinski definition) is 2. The van der Waals surface area contributed by atoms with Crippen LogP contribution in [0.1, 0.15) is 56.0 Å². The molecule has 2 aliphatic rings. The standard InChI is InChI=1S/C18H26N2O/c1-5-18(4)17(21)20(11-14-8-9-14)16(19-18)15-10-12(2)6-7-13(15)3/h6-7,10,14,16,19H,5,8-9,11H2,1-4H3. The van der Waals surface area contributed by atoms with Crippen molar-refractivity contribution in [2.45, 2.75) is 58.7 Å². The summed E-state index contributed by atoms with van der Waals surface area (Å²) in [7, 11) is 0. The first-order chi connectivity index (χ1) is 9.94. The Labute approximate surface area is 127 Å². The molecule has 1 heterocycles. The third-order valence-corrected chi connectivity index (χ3v) is 5.09. The average molecular weight is 286 g/mol. The zero-order valence-electron chi connectivity index (χ0n) is 13.6. The molecule has 2 fully saturated rings. The van der Waals surface area contributed by atoms with Gasteiger partial charge in [-0.15, -0.1) is 0 Å². The fourth-order valence-electron chi connectivity index (χ4n) is 3.20. The van der Waals surface area contributed by atoms with E-state index in [0.29, 0.717) is 5.92 Å².